The maximum atomic E-state index is 4.96. The Kier molecular flexibility index (Phi) is 9.17. The molecule has 0 fully saturated rings. The summed E-state index contributed by atoms with van der Waals surface area (Å²) in [6.45, 7) is 7.06. The molecule has 0 saturated carbocycles. The van der Waals surface area contributed by atoms with Gasteiger partial charge in [0.2, 0.25) is 0 Å². The van der Waals surface area contributed by atoms with Crippen LogP contribution in [-0.4, -0.2) is 28.3 Å². The zero-order valence-corrected chi connectivity index (χ0v) is 22.0. The van der Waals surface area contributed by atoms with Crippen LogP contribution in [0.15, 0.2) is 55.0 Å². The van der Waals surface area contributed by atoms with Crippen LogP contribution in [0, 0.1) is 0 Å². The number of nitrogens with zero attached hydrogens (tertiary/aromatic N) is 2. The fourth-order valence-corrected chi connectivity index (χ4v) is 21.5. The average Bonchev–Trinajstić information content (AvgIpc) is 2.79. The van der Waals surface area contributed by atoms with Crippen LogP contribution in [-0.2, 0) is 6.42 Å². The normalized spacial score (nSPS) is 11.8. The molecule has 0 aliphatic rings. The minimum atomic E-state index is -2.58. The van der Waals surface area contributed by atoms with E-state index in [4.69, 9.17) is 4.98 Å². The van der Waals surface area contributed by atoms with Crippen LogP contribution in [0.1, 0.15) is 70.4 Å². The Morgan fingerprint density at radius 2 is 1.37 bits per heavy atom. The van der Waals surface area contributed by atoms with E-state index in [1.165, 1.54) is 73.9 Å². The van der Waals surface area contributed by atoms with E-state index >= 15 is 0 Å². The number of hydrogen-bond donors (Lipinski definition) is 0. The van der Waals surface area contributed by atoms with Crippen molar-refractivity contribution < 1.29 is 0 Å². The average molecular weight is 509 g/mol. The van der Waals surface area contributed by atoms with Gasteiger partial charge >= 0.3 is 188 Å². The second-order valence-electron chi connectivity index (χ2n) is 8.84. The first-order valence-corrected chi connectivity index (χ1v) is 19.5. The van der Waals surface area contributed by atoms with Crippen molar-refractivity contribution in [2.45, 2.75) is 79.0 Å². The zero-order chi connectivity index (χ0) is 21.2. The molecule has 0 bridgehead atoms. The summed E-state index contributed by atoms with van der Waals surface area (Å²) in [7, 11) is 0. The summed E-state index contributed by atoms with van der Waals surface area (Å²) in [5.41, 5.74) is 4.10. The number of hydrogen-bond acceptors (Lipinski definition) is 2. The molecule has 0 N–H and O–H groups in total. The molecule has 0 radical (unpaired) electrons. The van der Waals surface area contributed by atoms with Crippen molar-refractivity contribution in [3.63, 3.8) is 0 Å². The van der Waals surface area contributed by atoms with Crippen LogP contribution in [0.25, 0.3) is 10.9 Å². The van der Waals surface area contributed by atoms with Gasteiger partial charge < -0.3 is 0 Å². The summed E-state index contributed by atoms with van der Waals surface area (Å²) in [4.78, 5) is 9.16. The number of aromatic nitrogens is 2. The van der Waals surface area contributed by atoms with E-state index in [0.717, 1.165) is 6.42 Å². The molecule has 3 heteroatoms. The van der Waals surface area contributed by atoms with Crippen molar-refractivity contribution >= 4 is 32.9 Å². The summed E-state index contributed by atoms with van der Waals surface area (Å²) < 4.78 is 6.16. The molecule has 3 aromatic rings. The Balaban J connectivity index is 2.13. The molecule has 0 aliphatic carbocycles. The minimum absolute atomic E-state index is 0.984. The predicted molar refractivity (Wildman–Crippen MR) is 133 cm³/mol. The molecule has 2 heterocycles. The molecule has 0 atom stereocenters. The quantitative estimate of drug-likeness (QED) is 0.240. The molecule has 1 aromatic carbocycles. The fraction of sp³-hybridized carbons (Fsp3) is 0.481. The van der Waals surface area contributed by atoms with Gasteiger partial charge in [0.05, 0.1) is 0 Å². The number of unbranched alkanes of at least 4 members (excludes halogenated alkanes) is 3. The van der Waals surface area contributed by atoms with Crippen LogP contribution in [0.5, 0.6) is 0 Å². The second-order valence-corrected chi connectivity index (χ2v) is 22.0. The van der Waals surface area contributed by atoms with Crippen molar-refractivity contribution in [3.05, 3.63) is 66.1 Å². The first kappa shape index (κ1) is 23.2. The standard InChI is InChI=1S/C15H11N2.3C4H9.Sn/c1-2-14-11-13(3-4-15(14)17-7-1)10-12-5-8-16-9-6-12;3*1-3-4-2;/h1-3,5-9,11H,10H2;3*1,3-4H2,2H3;. The van der Waals surface area contributed by atoms with Crippen molar-refractivity contribution in [1.82, 2.24) is 9.97 Å². The molecule has 30 heavy (non-hydrogen) atoms. The predicted octanol–water partition coefficient (Wildman–Crippen LogP) is 7.28. The maximum absolute atomic E-state index is 4.96. The van der Waals surface area contributed by atoms with Gasteiger partial charge in [-0.15, -0.1) is 0 Å². The van der Waals surface area contributed by atoms with E-state index in [0.29, 0.717) is 0 Å². The molecule has 2 aromatic heterocycles. The number of fused-ring (bicyclic) bond motifs is 1. The monoisotopic (exact) mass is 510 g/mol. The van der Waals surface area contributed by atoms with Crippen LogP contribution >= 0.6 is 0 Å². The molecule has 3 rings (SSSR count). The van der Waals surface area contributed by atoms with E-state index < -0.39 is 18.4 Å². The molecule has 0 spiro atoms. The van der Waals surface area contributed by atoms with Crippen LogP contribution in [0.3, 0.4) is 0 Å². The molecular weight excluding hydrogens is 471 g/mol. The summed E-state index contributed by atoms with van der Waals surface area (Å²) >= 11 is -2.58. The van der Waals surface area contributed by atoms with Crippen molar-refractivity contribution in [2.75, 3.05) is 0 Å². The van der Waals surface area contributed by atoms with Crippen LogP contribution < -0.4 is 3.58 Å². The Morgan fingerprint density at radius 3 is 1.97 bits per heavy atom. The summed E-state index contributed by atoms with van der Waals surface area (Å²) in [6, 6.07) is 13.6. The number of rotatable bonds is 12. The molecule has 160 valence electrons. The van der Waals surface area contributed by atoms with E-state index in [2.05, 4.69) is 62.2 Å². The van der Waals surface area contributed by atoms with Crippen molar-refractivity contribution in [1.29, 1.82) is 0 Å². The first-order valence-electron chi connectivity index (χ1n) is 12.0. The third-order valence-corrected chi connectivity index (χ3v) is 22.1. The van der Waals surface area contributed by atoms with Gasteiger partial charge in [-0.3, -0.25) is 0 Å². The van der Waals surface area contributed by atoms with Crippen molar-refractivity contribution in [3.8, 4) is 0 Å². The number of pyridine rings is 2. The van der Waals surface area contributed by atoms with Gasteiger partial charge in [0.25, 0.3) is 0 Å². The summed E-state index contributed by atoms with van der Waals surface area (Å²) in [5.74, 6) is 0. The Hall–Kier alpha value is -1.42. The van der Waals surface area contributed by atoms with Gasteiger partial charge in [-0.05, 0) is 0 Å². The van der Waals surface area contributed by atoms with Gasteiger partial charge in [-0.25, -0.2) is 0 Å². The molecule has 2 nitrogen and oxygen atoms in total. The van der Waals surface area contributed by atoms with Crippen molar-refractivity contribution in [2.24, 2.45) is 0 Å². The van der Waals surface area contributed by atoms with Gasteiger partial charge in [0, 0.05) is 0 Å². The Labute approximate surface area is 187 Å². The topological polar surface area (TPSA) is 25.8 Å². The second kappa shape index (κ2) is 11.8. The molecule has 0 amide bonds. The van der Waals surface area contributed by atoms with E-state index in [-0.39, 0.29) is 0 Å². The third-order valence-electron chi connectivity index (χ3n) is 6.52. The van der Waals surface area contributed by atoms with Gasteiger partial charge in [-0.1, -0.05) is 0 Å². The molecule has 0 saturated heterocycles. The van der Waals surface area contributed by atoms with E-state index in [1.807, 2.05) is 18.6 Å². The number of benzene rings is 1. The first-order chi connectivity index (χ1) is 14.7. The molecule has 0 aliphatic heterocycles. The van der Waals surface area contributed by atoms with Gasteiger partial charge in [-0.2, -0.15) is 0 Å². The SMILES string of the molecule is CCC[CH2][Sn]([CH2]CCC)([CH2]CCC)[c]1cc(Cc2ccncc2)cc2cccnc12. The van der Waals surface area contributed by atoms with Gasteiger partial charge in [0.1, 0.15) is 0 Å². The summed E-state index contributed by atoms with van der Waals surface area (Å²) in [5, 5.41) is 1.34. The third kappa shape index (κ3) is 5.84. The van der Waals surface area contributed by atoms with E-state index in [1.54, 1.807) is 3.58 Å². The Morgan fingerprint density at radius 1 is 0.733 bits per heavy atom. The van der Waals surface area contributed by atoms with Crippen LogP contribution in [0.4, 0.5) is 0 Å². The zero-order valence-electron chi connectivity index (χ0n) is 19.2. The molecular formula is C27H38N2Sn. The van der Waals surface area contributed by atoms with E-state index in [9.17, 15) is 0 Å². The fourth-order valence-electron chi connectivity index (χ4n) is 4.82. The van der Waals surface area contributed by atoms with Crippen LogP contribution in [0.2, 0.25) is 13.3 Å². The Bertz CT molecular complexity index is 885. The molecule has 0 unspecified atom stereocenters. The summed E-state index contributed by atoms with van der Waals surface area (Å²) in [6.07, 6.45) is 14.9. The van der Waals surface area contributed by atoms with Gasteiger partial charge in [0.15, 0.2) is 0 Å².